The summed E-state index contributed by atoms with van der Waals surface area (Å²) in [4.78, 5) is 4.56. The lowest BCUT2D eigenvalue weighted by Crippen LogP contribution is -1.93. The van der Waals surface area contributed by atoms with Crippen molar-refractivity contribution in [3.63, 3.8) is 0 Å². The van der Waals surface area contributed by atoms with Gasteiger partial charge in [0.1, 0.15) is 5.75 Å². The lowest BCUT2D eigenvalue weighted by molar-refractivity contribution is 0.340. The molecule has 1 N–H and O–H groups in total. The molecule has 0 saturated carbocycles. The van der Waals surface area contributed by atoms with Crippen LogP contribution in [0.15, 0.2) is 52.9 Å². The molecular formula is C20H21N3O3S. The Bertz CT molecular complexity index is 907. The maximum Gasteiger partial charge on any atom is 0.203 e. The molecule has 1 aromatic heterocycles. The van der Waals surface area contributed by atoms with Crippen molar-refractivity contribution in [2.45, 2.75) is 6.92 Å². The lowest BCUT2D eigenvalue weighted by atomic mass is 10.1. The molecule has 0 unspecified atom stereocenters. The van der Waals surface area contributed by atoms with Crippen molar-refractivity contribution < 1.29 is 14.2 Å². The number of nitrogens with zero attached hydrogens (tertiary/aromatic N) is 2. The first-order chi connectivity index (χ1) is 13.2. The minimum atomic E-state index is 0.654. The number of ether oxygens (including phenoxy) is 3. The maximum absolute atomic E-state index is 5.43. The Morgan fingerprint density at radius 3 is 2.56 bits per heavy atom. The number of aromatic nitrogens is 1. The molecule has 3 rings (SSSR count). The fraction of sp³-hybridized carbons (Fsp3) is 0.200. The number of rotatable bonds is 8. The Kier molecular flexibility index (Phi) is 6.27. The van der Waals surface area contributed by atoms with Gasteiger partial charge in [-0.3, -0.25) is 5.43 Å². The van der Waals surface area contributed by atoms with Gasteiger partial charge >= 0.3 is 0 Å². The molecule has 2 aromatic carbocycles. The standard InChI is InChI=1S/C20H21N3O3S/c1-4-26-16-8-5-14(6-9-16)12-21-23-20-22-17(13-27-20)15-7-10-18(24-2)19(11-15)25-3/h5-13H,4H2,1-3H3,(H,22,23)/b21-12-. The number of benzene rings is 2. The van der Waals surface area contributed by atoms with Crippen molar-refractivity contribution in [1.82, 2.24) is 4.98 Å². The van der Waals surface area contributed by atoms with Gasteiger partial charge in [-0.05, 0) is 55.0 Å². The summed E-state index contributed by atoms with van der Waals surface area (Å²) in [7, 11) is 3.23. The topological polar surface area (TPSA) is 65.0 Å². The minimum Gasteiger partial charge on any atom is -0.494 e. The third-order valence-corrected chi connectivity index (χ3v) is 4.50. The van der Waals surface area contributed by atoms with E-state index in [9.17, 15) is 0 Å². The Balaban J connectivity index is 1.65. The monoisotopic (exact) mass is 383 g/mol. The average molecular weight is 383 g/mol. The smallest absolute Gasteiger partial charge is 0.203 e. The van der Waals surface area contributed by atoms with Gasteiger partial charge in [0.15, 0.2) is 11.5 Å². The number of hydrogen-bond donors (Lipinski definition) is 1. The van der Waals surface area contributed by atoms with Crippen molar-refractivity contribution in [2.75, 3.05) is 26.3 Å². The van der Waals surface area contributed by atoms with Crippen LogP contribution in [-0.2, 0) is 0 Å². The quantitative estimate of drug-likeness (QED) is 0.452. The molecule has 3 aromatic rings. The summed E-state index contributed by atoms with van der Waals surface area (Å²) in [6.07, 6.45) is 1.74. The zero-order chi connectivity index (χ0) is 19.1. The van der Waals surface area contributed by atoms with Gasteiger partial charge in [0.25, 0.3) is 0 Å². The van der Waals surface area contributed by atoms with E-state index < -0.39 is 0 Å². The maximum atomic E-state index is 5.43. The molecule has 0 spiro atoms. The van der Waals surface area contributed by atoms with Crippen LogP contribution in [0.5, 0.6) is 17.2 Å². The van der Waals surface area contributed by atoms with Crippen LogP contribution in [0.2, 0.25) is 0 Å². The second-order valence-electron chi connectivity index (χ2n) is 5.48. The highest BCUT2D eigenvalue weighted by Crippen LogP contribution is 2.33. The molecule has 0 radical (unpaired) electrons. The van der Waals surface area contributed by atoms with Crippen LogP contribution in [0.3, 0.4) is 0 Å². The summed E-state index contributed by atoms with van der Waals surface area (Å²) in [5, 5.41) is 6.92. The molecule has 0 bridgehead atoms. The largest absolute Gasteiger partial charge is 0.494 e. The number of hydrogen-bond acceptors (Lipinski definition) is 7. The number of nitrogens with one attached hydrogen (secondary N) is 1. The van der Waals surface area contributed by atoms with Gasteiger partial charge in [0, 0.05) is 10.9 Å². The Hall–Kier alpha value is -3.06. The highest BCUT2D eigenvalue weighted by molar-refractivity contribution is 7.14. The van der Waals surface area contributed by atoms with Crippen molar-refractivity contribution in [3.05, 3.63) is 53.4 Å². The van der Waals surface area contributed by atoms with Crippen LogP contribution in [0, 0.1) is 0 Å². The van der Waals surface area contributed by atoms with E-state index in [4.69, 9.17) is 14.2 Å². The molecule has 0 aliphatic rings. The normalized spacial score (nSPS) is 10.8. The van der Waals surface area contributed by atoms with Gasteiger partial charge in [0.05, 0.1) is 32.7 Å². The first-order valence-corrected chi connectivity index (χ1v) is 9.31. The molecule has 0 saturated heterocycles. The van der Waals surface area contributed by atoms with Crippen LogP contribution >= 0.6 is 11.3 Å². The van der Waals surface area contributed by atoms with Crippen LogP contribution in [0.25, 0.3) is 11.3 Å². The number of hydrazone groups is 1. The third kappa shape index (κ3) is 4.77. The lowest BCUT2D eigenvalue weighted by Gasteiger charge is -2.08. The molecule has 27 heavy (non-hydrogen) atoms. The van der Waals surface area contributed by atoms with Gasteiger partial charge in [-0.15, -0.1) is 11.3 Å². The van der Waals surface area contributed by atoms with E-state index in [1.807, 2.05) is 54.8 Å². The summed E-state index contributed by atoms with van der Waals surface area (Å²) in [6.45, 7) is 2.62. The van der Waals surface area contributed by atoms with Gasteiger partial charge in [-0.1, -0.05) is 0 Å². The predicted octanol–water partition coefficient (Wildman–Crippen LogP) is 4.67. The second-order valence-corrected chi connectivity index (χ2v) is 6.34. The van der Waals surface area contributed by atoms with Gasteiger partial charge in [-0.25, -0.2) is 4.98 Å². The zero-order valence-electron chi connectivity index (χ0n) is 15.4. The van der Waals surface area contributed by atoms with Crippen molar-refractivity contribution in [1.29, 1.82) is 0 Å². The molecular weight excluding hydrogens is 362 g/mol. The van der Waals surface area contributed by atoms with Crippen LogP contribution in [-0.4, -0.2) is 32.0 Å². The molecule has 0 atom stereocenters. The van der Waals surface area contributed by atoms with E-state index in [1.54, 1.807) is 20.4 Å². The van der Waals surface area contributed by atoms with E-state index in [-0.39, 0.29) is 0 Å². The Morgan fingerprint density at radius 2 is 1.85 bits per heavy atom. The molecule has 140 valence electrons. The molecule has 1 heterocycles. The highest BCUT2D eigenvalue weighted by Gasteiger charge is 2.09. The second kappa shape index (κ2) is 9.05. The molecule has 0 aliphatic carbocycles. The fourth-order valence-corrected chi connectivity index (χ4v) is 3.10. The van der Waals surface area contributed by atoms with E-state index in [0.717, 1.165) is 22.6 Å². The van der Waals surface area contributed by atoms with Crippen molar-refractivity contribution in [2.24, 2.45) is 5.10 Å². The third-order valence-electron chi connectivity index (χ3n) is 3.75. The first kappa shape index (κ1) is 18.7. The zero-order valence-corrected chi connectivity index (χ0v) is 16.2. The van der Waals surface area contributed by atoms with E-state index in [0.29, 0.717) is 23.2 Å². The molecule has 6 nitrogen and oxygen atoms in total. The summed E-state index contributed by atoms with van der Waals surface area (Å²) in [5.41, 5.74) is 5.74. The highest BCUT2D eigenvalue weighted by atomic mass is 32.1. The predicted molar refractivity (Wildman–Crippen MR) is 109 cm³/mol. The molecule has 0 aliphatic heterocycles. The van der Waals surface area contributed by atoms with Gasteiger partial charge in [-0.2, -0.15) is 5.10 Å². The van der Waals surface area contributed by atoms with Crippen LogP contribution < -0.4 is 19.6 Å². The summed E-state index contributed by atoms with van der Waals surface area (Å²) in [5.74, 6) is 2.21. The summed E-state index contributed by atoms with van der Waals surface area (Å²) >= 11 is 1.48. The van der Waals surface area contributed by atoms with Crippen LogP contribution in [0.1, 0.15) is 12.5 Å². The van der Waals surface area contributed by atoms with E-state index in [1.165, 1.54) is 11.3 Å². The number of thiazole rings is 1. The van der Waals surface area contributed by atoms with Crippen molar-refractivity contribution >= 4 is 22.7 Å². The number of methoxy groups -OCH3 is 2. The SMILES string of the molecule is CCOc1ccc(/C=N\Nc2nc(-c3ccc(OC)c(OC)c3)cs2)cc1. The van der Waals surface area contributed by atoms with Crippen molar-refractivity contribution in [3.8, 4) is 28.5 Å². The molecule has 0 amide bonds. The minimum absolute atomic E-state index is 0.654. The molecule has 7 heteroatoms. The average Bonchev–Trinajstić information content (AvgIpc) is 3.18. The first-order valence-electron chi connectivity index (χ1n) is 8.43. The molecule has 0 fully saturated rings. The van der Waals surface area contributed by atoms with Gasteiger partial charge in [0.2, 0.25) is 5.13 Å². The Labute approximate surface area is 162 Å². The summed E-state index contributed by atoms with van der Waals surface area (Å²) < 4.78 is 16.0. The van der Waals surface area contributed by atoms with Crippen LogP contribution in [0.4, 0.5) is 5.13 Å². The number of anilines is 1. The fourth-order valence-electron chi connectivity index (χ4n) is 2.43. The van der Waals surface area contributed by atoms with E-state index >= 15 is 0 Å². The summed E-state index contributed by atoms with van der Waals surface area (Å²) in [6, 6.07) is 13.5. The Morgan fingerprint density at radius 1 is 1.07 bits per heavy atom. The van der Waals surface area contributed by atoms with Gasteiger partial charge < -0.3 is 14.2 Å². The van der Waals surface area contributed by atoms with E-state index in [2.05, 4.69) is 15.5 Å².